The fraction of sp³-hybridized carbons (Fsp3) is 0.323. The van der Waals surface area contributed by atoms with Gasteiger partial charge in [-0.15, -0.1) is 0 Å². The third kappa shape index (κ3) is 5.42. The highest BCUT2D eigenvalue weighted by atomic mass is 16.5. The van der Waals surface area contributed by atoms with Crippen LogP contribution in [0.3, 0.4) is 0 Å². The average Bonchev–Trinajstić information content (AvgIpc) is 2.96. The fourth-order valence-electron chi connectivity index (χ4n) is 4.82. The highest BCUT2D eigenvalue weighted by Crippen LogP contribution is 2.31. The predicted molar refractivity (Wildman–Crippen MR) is 150 cm³/mol. The predicted octanol–water partition coefficient (Wildman–Crippen LogP) is 6.19. The smallest absolute Gasteiger partial charge is 0.266 e. The Kier molecular flexibility index (Phi) is 8.79. The maximum atomic E-state index is 14.0. The molecule has 0 aliphatic carbocycles. The zero-order valence-electron chi connectivity index (χ0n) is 22.5. The number of nitrogens with zero attached hydrogens (tertiary/aromatic N) is 3. The summed E-state index contributed by atoms with van der Waals surface area (Å²) >= 11 is 0. The summed E-state index contributed by atoms with van der Waals surface area (Å²) in [6.45, 7) is 4.69. The number of benzene rings is 3. The molecule has 7 nitrogen and oxygen atoms in total. The third-order valence-electron chi connectivity index (χ3n) is 6.77. The van der Waals surface area contributed by atoms with Crippen LogP contribution in [0.1, 0.15) is 61.8 Å². The van der Waals surface area contributed by atoms with Crippen molar-refractivity contribution in [1.29, 1.82) is 0 Å². The number of carbonyl (C=O) groups is 1. The Morgan fingerprint density at radius 2 is 1.71 bits per heavy atom. The van der Waals surface area contributed by atoms with Crippen molar-refractivity contribution in [3.8, 4) is 17.2 Å². The molecule has 1 aromatic heterocycles. The van der Waals surface area contributed by atoms with Gasteiger partial charge in [0.2, 0.25) is 0 Å². The van der Waals surface area contributed by atoms with Gasteiger partial charge < -0.3 is 14.4 Å². The van der Waals surface area contributed by atoms with E-state index in [0.717, 1.165) is 19.3 Å². The molecule has 0 aliphatic heterocycles. The molecular formula is C31H35N3O4. The van der Waals surface area contributed by atoms with Crippen LogP contribution in [0.4, 0.5) is 0 Å². The van der Waals surface area contributed by atoms with Gasteiger partial charge in [-0.05, 0) is 55.3 Å². The van der Waals surface area contributed by atoms with Gasteiger partial charge in [0.1, 0.15) is 17.3 Å². The minimum Gasteiger partial charge on any atom is -0.497 e. The molecule has 0 saturated heterocycles. The molecule has 1 atom stereocenters. The van der Waals surface area contributed by atoms with Crippen molar-refractivity contribution in [2.45, 2.75) is 45.6 Å². The number of hydrogen-bond donors (Lipinski definition) is 0. The highest BCUT2D eigenvalue weighted by Gasteiger charge is 2.30. The second kappa shape index (κ2) is 12.4. The second-order valence-electron chi connectivity index (χ2n) is 9.16. The van der Waals surface area contributed by atoms with E-state index in [1.165, 1.54) is 0 Å². The Morgan fingerprint density at radius 3 is 2.45 bits per heavy atom. The van der Waals surface area contributed by atoms with E-state index in [0.29, 0.717) is 52.4 Å². The van der Waals surface area contributed by atoms with E-state index in [1.807, 2.05) is 66.4 Å². The first-order valence-corrected chi connectivity index (χ1v) is 13.1. The Bertz CT molecular complexity index is 1460. The van der Waals surface area contributed by atoms with Gasteiger partial charge in [0.15, 0.2) is 0 Å². The fourth-order valence-corrected chi connectivity index (χ4v) is 4.82. The lowest BCUT2D eigenvalue weighted by Gasteiger charge is -2.33. The normalized spacial score (nSPS) is 11.8. The van der Waals surface area contributed by atoms with Gasteiger partial charge in [0, 0.05) is 12.1 Å². The van der Waals surface area contributed by atoms with E-state index in [2.05, 4.69) is 6.92 Å². The number of methoxy groups -OCH3 is 2. The molecule has 3 aromatic carbocycles. The molecule has 4 aromatic rings. The minimum absolute atomic E-state index is 0.124. The van der Waals surface area contributed by atoms with Crippen LogP contribution in [0.5, 0.6) is 11.5 Å². The van der Waals surface area contributed by atoms with Crippen LogP contribution >= 0.6 is 0 Å². The van der Waals surface area contributed by atoms with Crippen LogP contribution in [-0.4, -0.2) is 41.1 Å². The van der Waals surface area contributed by atoms with Crippen LogP contribution in [0.25, 0.3) is 16.6 Å². The Labute approximate surface area is 223 Å². The van der Waals surface area contributed by atoms with Crippen LogP contribution in [-0.2, 0) is 0 Å². The second-order valence-corrected chi connectivity index (χ2v) is 9.16. The number of ether oxygens (including phenoxy) is 2. The number of amides is 1. The molecular weight excluding hydrogens is 478 g/mol. The number of para-hydroxylation sites is 3. The van der Waals surface area contributed by atoms with Crippen LogP contribution in [0.15, 0.2) is 77.6 Å². The summed E-state index contributed by atoms with van der Waals surface area (Å²) in [5.74, 6) is 1.56. The van der Waals surface area contributed by atoms with Crippen molar-refractivity contribution >= 4 is 16.8 Å². The number of unbranched alkanes of at least 4 members (excludes halogenated alkanes) is 2. The van der Waals surface area contributed by atoms with Gasteiger partial charge in [0.25, 0.3) is 11.5 Å². The molecule has 7 heteroatoms. The first-order chi connectivity index (χ1) is 18.5. The van der Waals surface area contributed by atoms with Crippen LogP contribution in [0.2, 0.25) is 0 Å². The zero-order valence-corrected chi connectivity index (χ0v) is 22.5. The number of hydrogen-bond acceptors (Lipinski definition) is 5. The molecule has 1 heterocycles. The summed E-state index contributed by atoms with van der Waals surface area (Å²) in [4.78, 5) is 34.9. The molecule has 198 valence electrons. The summed E-state index contributed by atoms with van der Waals surface area (Å²) in [5, 5.41) is 0.508. The summed E-state index contributed by atoms with van der Waals surface area (Å²) in [6, 6.07) is 21.4. The molecule has 0 saturated carbocycles. The number of fused-ring (bicyclic) bond motifs is 1. The lowest BCUT2D eigenvalue weighted by atomic mass is 10.1. The molecule has 1 amide bonds. The lowest BCUT2D eigenvalue weighted by molar-refractivity contribution is 0.0654. The van der Waals surface area contributed by atoms with E-state index in [4.69, 9.17) is 14.5 Å². The first-order valence-electron chi connectivity index (χ1n) is 13.1. The van der Waals surface area contributed by atoms with Gasteiger partial charge >= 0.3 is 0 Å². The lowest BCUT2D eigenvalue weighted by Crippen LogP contribution is -2.39. The molecule has 0 fully saturated rings. The summed E-state index contributed by atoms with van der Waals surface area (Å²) in [5.41, 5.74) is 1.52. The number of rotatable bonds is 11. The SMILES string of the molecule is CCCCCN(C(=O)c1cccc(OC)c1)C(CC)c1nc2ccccc2c(=O)n1-c1ccccc1OC. The number of carbonyl (C=O) groups excluding carboxylic acids is 1. The molecule has 0 spiro atoms. The average molecular weight is 514 g/mol. The monoisotopic (exact) mass is 513 g/mol. The van der Waals surface area contributed by atoms with Gasteiger partial charge in [-0.25, -0.2) is 4.98 Å². The summed E-state index contributed by atoms with van der Waals surface area (Å²) < 4.78 is 12.6. The molecule has 0 bridgehead atoms. The molecule has 0 radical (unpaired) electrons. The summed E-state index contributed by atoms with van der Waals surface area (Å²) in [7, 11) is 3.17. The van der Waals surface area contributed by atoms with Crippen molar-refractivity contribution in [2.75, 3.05) is 20.8 Å². The van der Waals surface area contributed by atoms with Gasteiger partial charge in [-0.3, -0.25) is 14.2 Å². The summed E-state index contributed by atoms with van der Waals surface area (Å²) in [6.07, 6.45) is 3.43. The maximum absolute atomic E-state index is 14.0. The molecule has 0 N–H and O–H groups in total. The highest BCUT2D eigenvalue weighted by molar-refractivity contribution is 5.95. The molecule has 38 heavy (non-hydrogen) atoms. The Hall–Kier alpha value is -4.13. The van der Waals surface area contributed by atoms with Crippen molar-refractivity contribution in [3.63, 3.8) is 0 Å². The van der Waals surface area contributed by atoms with Gasteiger partial charge in [-0.2, -0.15) is 0 Å². The van der Waals surface area contributed by atoms with Crippen LogP contribution < -0.4 is 15.0 Å². The topological polar surface area (TPSA) is 73.7 Å². The van der Waals surface area contributed by atoms with E-state index < -0.39 is 6.04 Å². The zero-order chi connectivity index (χ0) is 27.1. The van der Waals surface area contributed by atoms with Crippen molar-refractivity contribution in [1.82, 2.24) is 14.5 Å². The Morgan fingerprint density at radius 1 is 0.947 bits per heavy atom. The molecule has 0 aliphatic rings. The van der Waals surface area contributed by atoms with E-state index in [1.54, 1.807) is 37.0 Å². The van der Waals surface area contributed by atoms with E-state index >= 15 is 0 Å². The van der Waals surface area contributed by atoms with Crippen LogP contribution in [0, 0.1) is 0 Å². The maximum Gasteiger partial charge on any atom is 0.266 e. The molecule has 1 unspecified atom stereocenters. The van der Waals surface area contributed by atoms with Crippen molar-refractivity contribution < 1.29 is 14.3 Å². The van der Waals surface area contributed by atoms with Gasteiger partial charge in [0.05, 0.1) is 36.9 Å². The standard InChI is InChI=1S/C31H35N3O4/c1-5-7-12-20-33(30(35)22-14-13-15-23(21-22)37-3)26(6-2)29-32-25-17-9-8-16-24(25)31(36)34(29)27-18-10-11-19-28(27)38-4/h8-11,13-19,21,26H,5-7,12,20H2,1-4H3. The molecule has 4 rings (SSSR count). The first kappa shape index (κ1) is 26.9. The largest absolute Gasteiger partial charge is 0.497 e. The van der Waals surface area contributed by atoms with Crippen molar-refractivity contribution in [3.05, 3.63) is 94.5 Å². The minimum atomic E-state index is -0.451. The van der Waals surface area contributed by atoms with Gasteiger partial charge in [-0.1, -0.05) is 57.0 Å². The van der Waals surface area contributed by atoms with Crippen molar-refractivity contribution in [2.24, 2.45) is 0 Å². The quantitative estimate of drug-likeness (QED) is 0.224. The third-order valence-corrected chi connectivity index (χ3v) is 6.77. The Balaban J connectivity index is 1.95. The number of aromatic nitrogens is 2. The van der Waals surface area contributed by atoms with E-state index in [9.17, 15) is 9.59 Å². The van der Waals surface area contributed by atoms with E-state index in [-0.39, 0.29) is 11.5 Å².